The lowest BCUT2D eigenvalue weighted by atomic mass is 9.96. The third-order valence-corrected chi connectivity index (χ3v) is 5.05. The second kappa shape index (κ2) is 9.99. The van der Waals surface area contributed by atoms with Crippen LogP contribution in [0.3, 0.4) is 0 Å². The summed E-state index contributed by atoms with van der Waals surface area (Å²) in [4.78, 5) is 25.2. The lowest BCUT2D eigenvalue weighted by molar-refractivity contribution is -0.123. The molecule has 6 heteroatoms. The van der Waals surface area contributed by atoms with Crippen molar-refractivity contribution in [3.8, 4) is 5.75 Å². The Bertz CT molecular complexity index is 804. The number of para-hydroxylation sites is 1. The van der Waals surface area contributed by atoms with E-state index >= 15 is 0 Å². The number of amides is 1. The maximum Gasteiger partial charge on any atom is 0.257 e. The molecule has 1 amide bonds. The average molecular weight is 384 g/mol. The van der Waals surface area contributed by atoms with E-state index < -0.39 is 0 Å². The van der Waals surface area contributed by atoms with Crippen molar-refractivity contribution >= 4 is 12.2 Å². The zero-order chi connectivity index (χ0) is 19.8. The Kier molecular flexibility index (Phi) is 7.14. The average Bonchev–Trinajstić information content (AvgIpc) is 2.73. The first-order valence-corrected chi connectivity index (χ1v) is 9.55. The molecule has 0 bridgehead atoms. The summed E-state index contributed by atoms with van der Waals surface area (Å²) < 4.78 is 19.2. The quantitative estimate of drug-likeness (QED) is 0.711. The molecule has 1 saturated heterocycles. The van der Waals surface area contributed by atoms with E-state index in [2.05, 4.69) is 10.2 Å². The first-order valence-electron chi connectivity index (χ1n) is 9.55. The molecular weight excluding hydrogens is 359 g/mol. The van der Waals surface area contributed by atoms with Gasteiger partial charge in [0.2, 0.25) is 0 Å². The smallest absolute Gasteiger partial charge is 0.257 e. The van der Waals surface area contributed by atoms with Crippen LogP contribution in [0.2, 0.25) is 0 Å². The molecule has 0 atom stereocenters. The Morgan fingerprint density at radius 2 is 1.86 bits per heavy atom. The number of halogens is 1. The zero-order valence-corrected chi connectivity index (χ0v) is 15.8. The number of ether oxygens (including phenoxy) is 1. The molecule has 148 valence electrons. The Balaban J connectivity index is 1.36. The molecule has 28 heavy (non-hydrogen) atoms. The Morgan fingerprint density at radius 3 is 2.61 bits per heavy atom. The van der Waals surface area contributed by atoms with Gasteiger partial charge in [-0.05, 0) is 50.0 Å². The number of carbonyl (C=O) groups is 2. The Labute approximate surface area is 164 Å². The molecule has 0 radical (unpaired) electrons. The molecule has 0 aliphatic carbocycles. The maximum atomic E-state index is 13.8. The van der Waals surface area contributed by atoms with Crippen LogP contribution in [0, 0.1) is 11.7 Å². The summed E-state index contributed by atoms with van der Waals surface area (Å²) in [5, 5.41) is 2.90. The zero-order valence-electron chi connectivity index (χ0n) is 15.8. The standard InChI is InChI=1S/C22H25FN2O3/c23-20-7-3-1-5-18(20)14-25-11-9-17(10-12-25)13-24-22(27)16-28-21-8-4-2-6-19(21)15-26/h1-8,15,17H,9-14,16H2,(H,24,27). The van der Waals surface area contributed by atoms with Crippen molar-refractivity contribution in [3.63, 3.8) is 0 Å². The van der Waals surface area contributed by atoms with Crippen LogP contribution in [0.25, 0.3) is 0 Å². The molecule has 3 rings (SSSR count). The number of hydrogen-bond donors (Lipinski definition) is 1. The number of likely N-dealkylation sites (tertiary alicyclic amines) is 1. The molecule has 1 N–H and O–H groups in total. The van der Waals surface area contributed by atoms with Crippen LogP contribution in [0.5, 0.6) is 5.75 Å². The third kappa shape index (κ3) is 5.63. The fraction of sp³-hybridized carbons (Fsp3) is 0.364. The molecule has 0 spiro atoms. The van der Waals surface area contributed by atoms with Crippen LogP contribution in [0.4, 0.5) is 4.39 Å². The van der Waals surface area contributed by atoms with Crippen molar-refractivity contribution in [1.29, 1.82) is 0 Å². The highest BCUT2D eigenvalue weighted by Gasteiger charge is 2.20. The van der Waals surface area contributed by atoms with Crippen LogP contribution >= 0.6 is 0 Å². The van der Waals surface area contributed by atoms with Gasteiger partial charge in [-0.1, -0.05) is 30.3 Å². The minimum absolute atomic E-state index is 0.114. The van der Waals surface area contributed by atoms with Crippen molar-refractivity contribution in [1.82, 2.24) is 10.2 Å². The molecule has 1 heterocycles. The molecule has 0 aromatic heterocycles. The van der Waals surface area contributed by atoms with Gasteiger partial charge in [0.05, 0.1) is 5.56 Å². The van der Waals surface area contributed by atoms with Crippen LogP contribution < -0.4 is 10.1 Å². The van der Waals surface area contributed by atoms with Crippen LogP contribution in [0.1, 0.15) is 28.8 Å². The van der Waals surface area contributed by atoms with Crippen molar-refractivity contribution in [2.75, 3.05) is 26.2 Å². The number of aldehydes is 1. The van der Waals surface area contributed by atoms with E-state index in [0.717, 1.165) is 31.5 Å². The molecule has 2 aromatic carbocycles. The summed E-state index contributed by atoms with van der Waals surface area (Å²) in [6.07, 6.45) is 2.63. The molecule has 1 fully saturated rings. The number of piperidine rings is 1. The van der Waals surface area contributed by atoms with Crippen LogP contribution in [-0.2, 0) is 11.3 Å². The van der Waals surface area contributed by atoms with Gasteiger partial charge in [-0.15, -0.1) is 0 Å². The predicted molar refractivity (Wildman–Crippen MR) is 105 cm³/mol. The Morgan fingerprint density at radius 1 is 1.14 bits per heavy atom. The Hall–Kier alpha value is -2.73. The second-order valence-electron chi connectivity index (χ2n) is 7.06. The predicted octanol–water partition coefficient (Wildman–Crippen LogP) is 3.05. The largest absolute Gasteiger partial charge is 0.483 e. The summed E-state index contributed by atoms with van der Waals surface area (Å²) >= 11 is 0. The van der Waals surface area contributed by atoms with E-state index in [1.54, 1.807) is 30.3 Å². The minimum atomic E-state index is -0.200. The molecule has 1 aliphatic heterocycles. The lowest BCUT2D eigenvalue weighted by Gasteiger charge is -2.32. The van der Waals surface area contributed by atoms with Crippen molar-refractivity contribution in [3.05, 3.63) is 65.5 Å². The summed E-state index contributed by atoms with van der Waals surface area (Å²) in [6.45, 7) is 2.88. The van der Waals surface area contributed by atoms with Gasteiger partial charge in [0.25, 0.3) is 5.91 Å². The molecular formula is C22H25FN2O3. The minimum Gasteiger partial charge on any atom is -0.483 e. The summed E-state index contributed by atoms with van der Waals surface area (Å²) in [5.74, 6) is 0.458. The van der Waals surface area contributed by atoms with Gasteiger partial charge in [0, 0.05) is 18.7 Å². The van der Waals surface area contributed by atoms with Gasteiger partial charge in [0.15, 0.2) is 12.9 Å². The van der Waals surface area contributed by atoms with Gasteiger partial charge < -0.3 is 10.1 Å². The van der Waals surface area contributed by atoms with E-state index in [1.807, 2.05) is 12.1 Å². The number of nitrogens with zero attached hydrogens (tertiary/aromatic N) is 1. The van der Waals surface area contributed by atoms with E-state index in [1.165, 1.54) is 6.07 Å². The highest BCUT2D eigenvalue weighted by Crippen LogP contribution is 2.19. The summed E-state index contributed by atoms with van der Waals surface area (Å²) in [6, 6.07) is 13.7. The van der Waals surface area contributed by atoms with Gasteiger partial charge in [0.1, 0.15) is 11.6 Å². The SMILES string of the molecule is O=Cc1ccccc1OCC(=O)NCC1CCN(Cc2ccccc2F)CC1. The molecule has 2 aromatic rings. The number of hydrogen-bond acceptors (Lipinski definition) is 4. The number of carbonyl (C=O) groups excluding carboxylic acids is 2. The monoisotopic (exact) mass is 384 g/mol. The molecule has 0 unspecified atom stereocenters. The molecule has 5 nitrogen and oxygen atoms in total. The normalized spacial score (nSPS) is 15.2. The van der Waals surface area contributed by atoms with Crippen molar-refractivity contribution in [2.45, 2.75) is 19.4 Å². The lowest BCUT2D eigenvalue weighted by Crippen LogP contribution is -2.39. The van der Waals surface area contributed by atoms with Crippen LogP contribution in [-0.4, -0.2) is 43.3 Å². The van der Waals surface area contributed by atoms with Gasteiger partial charge in [-0.2, -0.15) is 0 Å². The van der Waals surface area contributed by atoms with Crippen LogP contribution in [0.15, 0.2) is 48.5 Å². The van der Waals surface area contributed by atoms with E-state index in [0.29, 0.717) is 36.6 Å². The summed E-state index contributed by atoms with van der Waals surface area (Å²) in [5.41, 5.74) is 1.15. The second-order valence-corrected chi connectivity index (χ2v) is 7.06. The highest BCUT2D eigenvalue weighted by molar-refractivity contribution is 5.80. The van der Waals surface area contributed by atoms with E-state index in [4.69, 9.17) is 4.74 Å². The summed E-state index contributed by atoms with van der Waals surface area (Å²) in [7, 11) is 0. The van der Waals surface area contributed by atoms with Crippen molar-refractivity contribution in [2.24, 2.45) is 5.92 Å². The molecule has 1 aliphatic rings. The van der Waals surface area contributed by atoms with Gasteiger partial charge >= 0.3 is 0 Å². The van der Waals surface area contributed by atoms with Crippen molar-refractivity contribution < 1.29 is 18.7 Å². The van der Waals surface area contributed by atoms with Gasteiger partial charge in [-0.3, -0.25) is 14.5 Å². The third-order valence-electron chi connectivity index (χ3n) is 5.05. The van der Waals surface area contributed by atoms with E-state index in [9.17, 15) is 14.0 Å². The van der Waals surface area contributed by atoms with E-state index in [-0.39, 0.29) is 18.3 Å². The number of nitrogens with one attached hydrogen (secondary N) is 1. The first-order chi connectivity index (χ1) is 13.7. The fourth-order valence-electron chi connectivity index (χ4n) is 3.38. The van der Waals surface area contributed by atoms with Gasteiger partial charge in [-0.25, -0.2) is 4.39 Å². The first kappa shape index (κ1) is 20.0. The molecule has 0 saturated carbocycles. The number of benzene rings is 2. The number of rotatable bonds is 8. The fourth-order valence-corrected chi connectivity index (χ4v) is 3.38. The highest BCUT2D eigenvalue weighted by atomic mass is 19.1. The maximum absolute atomic E-state index is 13.8. The topological polar surface area (TPSA) is 58.6 Å².